The normalized spacial score (nSPS) is 12.3. The first kappa shape index (κ1) is 20.9. The van der Waals surface area contributed by atoms with Crippen molar-refractivity contribution in [3.63, 3.8) is 0 Å². The minimum atomic E-state index is -4.72. The van der Waals surface area contributed by atoms with Crippen LogP contribution in [0.1, 0.15) is 5.69 Å². The first-order valence-electron chi connectivity index (χ1n) is 8.85. The van der Waals surface area contributed by atoms with Gasteiger partial charge in [0.2, 0.25) is 0 Å². The molecule has 5 nitrogen and oxygen atoms in total. The third kappa shape index (κ3) is 4.11. The van der Waals surface area contributed by atoms with Crippen molar-refractivity contribution in [1.82, 2.24) is 9.78 Å². The summed E-state index contributed by atoms with van der Waals surface area (Å²) in [6.45, 7) is 0. The van der Waals surface area contributed by atoms with E-state index in [4.69, 9.17) is 4.42 Å². The van der Waals surface area contributed by atoms with E-state index in [0.717, 1.165) is 23.1 Å². The van der Waals surface area contributed by atoms with Crippen LogP contribution in [-0.2, 0) is 16.0 Å². The molecule has 0 unspecified atom stereocenters. The van der Waals surface area contributed by atoms with E-state index >= 15 is 0 Å². The lowest BCUT2D eigenvalue weighted by molar-refractivity contribution is -0.141. The van der Waals surface area contributed by atoms with E-state index in [-0.39, 0.29) is 33.2 Å². The topological polar surface area (TPSA) is 65.1 Å². The number of aromatic nitrogens is 2. The highest BCUT2D eigenvalue weighted by Gasteiger charge is 2.35. The van der Waals surface area contributed by atoms with Gasteiger partial charge in [-0.3, -0.25) is 0 Å². The molecule has 0 saturated heterocycles. The molecule has 2 heterocycles. The molecule has 0 aliphatic heterocycles. The second-order valence-electron chi connectivity index (χ2n) is 6.76. The average Bonchev–Trinajstić information content (AvgIpc) is 3.37. The summed E-state index contributed by atoms with van der Waals surface area (Å²) >= 11 is 0. The van der Waals surface area contributed by atoms with Crippen LogP contribution in [0.5, 0.6) is 0 Å². The largest absolute Gasteiger partial charge is 0.464 e. The summed E-state index contributed by atoms with van der Waals surface area (Å²) in [7, 11) is -3.48. The molecule has 0 aliphatic rings. The number of nitrogens with zero attached hydrogens (tertiary/aromatic N) is 2. The molecule has 0 amide bonds. The van der Waals surface area contributed by atoms with Crippen LogP contribution in [-0.4, -0.2) is 24.5 Å². The number of rotatable bonds is 4. The molecule has 0 atom stereocenters. The Morgan fingerprint density at radius 3 is 2.26 bits per heavy atom. The number of alkyl halides is 3. The number of halogens is 4. The molecular formula is C21H14F4N2O3S. The molecule has 4 aromatic rings. The highest BCUT2D eigenvalue weighted by molar-refractivity contribution is 7.90. The van der Waals surface area contributed by atoms with Crippen molar-refractivity contribution in [2.45, 2.75) is 11.1 Å². The average molecular weight is 450 g/mol. The Balaban J connectivity index is 1.84. The third-order valence-electron chi connectivity index (χ3n) is 4.56. The molecule has 2 aromatic carbocycles. The molecule has 0 fully saturated rings. The van der Waals surface area contributed by atoms with Crippen molar-refractivity contribution >= 4 is 9.84 Å². The van der Waals surface area contributed by atoms with E-state index in [1.807, 2.05) is 0 Å². The number of hydrogen-bond donors (Lipinski definition) is 0. The highest BCUT2D eigenvalue weighted by Crippen LogP contribution is 2.35. The van der Waals surface area contributed by atoms with Gasteiger partial charge < -0.3 is 4.42 Å². The van der Waals surface area contributed by atoms with Crippen molar-refractivity contribution in [2.24, 2.45) is 0 Å². The summed E-state index contributed by atoms with van der Waals surface area (Å²) in [6, 6.07) is 13.1. The Hall–Kier alpha value is -3.40. The summed E-state index contributed by atoms with van der Waals surface area (Å²) in [5.41, 5.74) is -0.667. The standard InChI is InChI=1S/C21H14F4N2O3S/c1-31(28,29)15-7-5-14(6-8-15)27-18(12-20(26-27)21(23,24)25)13-4-9-16(17(22)11-13)19-3-2-10-30-19/h2-12H,1H3. The molecule has 2 aromatic heterocycles. The molecule has 31 heavy (non-hydrogen) atoms. The molecule has 10 heteroatoms. The molecule has 4 rings (SSSR count). The fraction of sp³-hybridized carbons (Fsp3) is 0.0952. The van der Waals surface area contributed by atoms with Crippen molar-refractivity contribution in [2.75, 3.05) is 6.26 Å². The van der Waals surface area contributed by atoms with E-state index < -0.39 is 27.5 Å². The van der Waals surface area contributed by atoms with E-state index in [0.29, 0.717) is 0 Å². The lowest BCUT2D eigenvalue weighted by atomic mass is 10.1. The Morgan fingerprint density at radius 1 is 1.00 bits per heavy atom. The van der Waals surface area contributed by atoms with E-state index in [2.05, 4.69) is 5.10 Å². The Kier molecular flexibility index (Phi) is 4.97. The monoisotopic (exact) mass is 450 g/mol. The smallest absolute Gasteiger partial charge is 0.435 e. The van der Waals surface area contributed by atoms with Crippen LogP contribution in [0.25, 0.3) is 28.3 Å². The minimum absolute atomic E-state index is 0.00912. The summed E-state index contributed by atoms with van der Waals surface area (Å²) in [5.74, 6) is -0.397. The van der Waals surface area contributed by atoms with Gasteiger partial charge >= 0.3 is 6.18 Å². The molecule has 0 radical (unpaired) electrons. The van der Waals surface area contributed by atoms with Gasteiger partial charge in [0, 0.05) is 11.8 Å². The van der Waals surface area contributed by atoms with Crippen LogP contribution in [0.2, 0.25) is 0 Å². The molecule has 0 saturated carbocycles. The molecule has 0 spiro atoms. The zero-order valence-electron chi connectivity index (χ0n) is 15.9. The number of furan rings is 1. The molecule has 0 N–H and O–H groups in total. The van der Waals surface area contributed by atoms with E-state index in [1.54, 1.807) is 12.1 Å². The molecule has 160 valence electrons. The van der Waals surface area contributed by atoms with Crippen molar-refractivity contribution in [3.05, 3.63) is 78.4 Å². The van der Waals surface area contributed by atoms with Gasteiger partial charge in [-0.25, -0.2) is 17.5 Å². The lowest BCUT2D eigenvalue weighted by Gasteiger charge is -2.09. The van der Waals surface area contributed by atoms with Gasteiger partial charge in [0.1, 0.15) is 11.6 Å². The van der Waals surface area contributed by atoms with Crippen LogP contribution >= 0.6 is 0 Å². The highest BCUT2D eigenvalue weighted by atomic mass is 32.2. The van der Waals surface area contributed by atoms with Crippen LogP contribution < -0.4 is 0 Å². The Bertz CT molecular complexity index is 1340. The van der Waals surface area contributed by atoms with Gasteiger partial charge in [0.05, 0.1) is 28.1 Å². The van der Waals surface area contributed by atoms with Crippen molar-refractivity contribution in [3.8, 4) is 28.3 Å². The number of hydrogen-bond acceptors (Lipinski definition) is 4. The predicted molar refractivity (Wildman–Crippen MR) is 105 cm³/mol. The van der Waals surface area contributed by atoms with Gasteiger partial charge in [-0.2, -0.15) is 18.3 Å². The first-order chi connectivity index (χ1) is 14.5. The number of benzene rings is 2. The second-order valence-corrected chi connectivity index (χ2v) is 8.78. The quantitative estimate of drug-likeness (QED) is 0.393. The second kappa shape index (κ2) is 7.38. The maximum atomic E-state index is 14.7. The van der Waals surface area contributed by atoms with Gasteiger partial charge in [-0.15, -0.1) is 0 Å². The summed E-state index contributed by atoms with van der Waals surface area (Å²) < 4.78 is 84.1. The lowest BCUT2D eigenvalue weighted by Crippen LogP contribution is -2.07. The van der Waals surface area contributed by atoms with Crippen LogP contribution in [0.3, 0.4) is 0 Å². The molecule has 0 aliphatic carbocycles. The van der Waals surface area contributed by atoms with Crippen molar-refractivity contribution in [1.29, 1.82) is 0 Å². The summed E-state index contributed by atoms with van der Waals surface area (Å²) in [6.07, 6.45) is -2.32. The third-order valence-corrected chi connectivity index (χ3v) is 5.69. The fourth-order valence-electron chi connectivity index (χ4n) is 3.06. The summed E-state index contributed by atoms with van der Waals surface area (Å²) in [5, 5.41) is 3.62. The fourth-order valence-corrected chi connectivity index (χ4v) is 3.69. The molecular weight excluding hydrogens is 436 g/mol. The van der Waals surface area contributed by atoms with Gasteiger partial charge in [0.15, 0.2) is 15.5 Å². The van der Waals surface area contributed by atoms with Crippen LogP contribution in [0.4, 0.5) is 17.6 Å². The Morgan fingerprint density at radius 2 is 1.71 bits per heavy atom. The maximum absolute atomic E-state index is 14.7. The number of sulfone groups is 1. The summed E-state index contributed by atoms with van der Waals surface area (Å²) in [4.78, 5) is 0.00912. The SMILES string of the molecule is CS(=O)(=O)c1ccc(-n2nc(C(F)(F)F)cc2-c2ccc(-c3ccco3)c(F)c2)cc1. The van der Waals surface area contributed by atoms with Crippen molar-refractivity contribution < 1.29 is 30.4 Å². The molecule has 0 bridgehead atoms. The maximum Gasteiger partial charge on any atom is 0.435 e. The van der Waals surface area contributed by atoms with E-state index in [9.17, 15) is 26.0 Å². The zero-order chi connectivity index (χ0) is 22.4. The van der Waals surface area contributed by atoms with Gasteiger partial charge in [-0.1, -0.05) is 6.07 Å². The van der Waals surface area contributed by atoms with Crippen LogP contribution in [0, 0.1) is 5.82 Å². The first-order valence-corrected chi connectivity index (χ1v) is 10.7. The van der Waals surface area contributed by atoms with Gasteiger partial charge in [-0.05, 0) is 54.6 Å². The van der Waals surface area contributed by atoms with E-state index in [1.165, 1.54) is 42.7 Å². The van der Waals surface area contributed by atoms with Crippen LogP contribution in [0.15, 0.2) is 76.2 Å². The minimum Gasteiger partial charge on any atom is -0.464 e. The predicted octanol–water partition coefficient (Wildman–Crippen LogP) is 5.36. The zero-order valence-corrected chi connectivity index (χ0v) is 16.7. The van der Waals surface area contributed by atoms with Gasteiger partial charge in [0.25, 0.3) is 0 Å². The Labute approximate surface area is 174 Å².